The monoisotopic (exact) mass is 303 g/mol. The molecule has 0 radical (unpaired) electrons. The minimum Gasteiger partial charge on any atom is -0.493 e. The molecule has 1 aliphatic heterocycles. The van der Waals surface area contributed by atoms with E-state index in [9.17, 15) is 4.39 Å². The van der Waals surface area contributed by atoms with Crippen molar-refractivity contribution >= 4 is 15.9 Å². The molecule has 1 heterocycles. The number of benzene rings is 1. The number of rotatable bonds is 3. The van der Waals surface area contributed by atoms with Crippen LogP contribution in [0.3, 0.4) is 0 Å². The zero-order valence-electron chi connectivity index (χ0n) is 9.85. The molecule has 1 N–H and O–H groups in total. The van der Waals surface area contributed by atoms with Gasteiger partial charge in [0.15, 0.2) is 11.5 Å². The summed E-state index contributed by atoms with van der Waals surface area (Å²) in [5, 5.41) is 3.33. The molecule has 1 fully saturated rings. The molecule has 1 aromatic carbocycles. The van der Waals surface area contributed by atoms with Crippen LogP contribution in [0.15, 0.2) is 10.5 Å². The van der Waals surface area contributed by atoms with E-state index in [-0.39, 0.29) is 17.5 Å². The first-order valence-corrected chi connectivity index (χ1v) is 6.31. The van der Waals surface area contributed by atoms with Crippen LogP contribution in [0, 0.1) is 5.82 Å². The van der Waals surface area contributed by atoms with Crippen molar-refractivity contribution in [1.29, 1.82) is 0 Å². The zero-order valence-corrected chi connectivity index (χ0v) is 11.4. The van der Waals surface area contributed by atoms with Gasteiger partial charge in [0.05, 0.1) is 18.7 Å². The van der Waals surface area contributed by atoms with Crippen LogP contribution in [0.25, 0.3) is 0 Å². The summed E-state index contributed by atoms with van der Waals surface area (Å²) in [6, 6.07) is 2.02. The first kappa shape index (κ1) is 12.6. The maximum atomic E-state index is 14.1. The van der Waals surface area contributed by atoms with Crippen molar-refractivity contribution in [2.45, 2.75) is 18.9 Å². The van der Waals surface area contributed by atoms with Gasteiger partial charge in [-0.2, -0.15) is 4.39 Å². The molecule has 1 atom stereocenters. The Hall–Kier alpha value is -0.810. The van der Waals surface area contributed by atoms with E-state index in [1.807, 2.05) is 6.07 Å². The molecule has 1 unspecified atom stereocenters. The summed E-state index contributed by atoms with van der Waals surface area (Å²) in [5.41, 5.74) is 0.843. The fourth-order valence-electron chi connectivity index (χ4n) is 2.21. The summed E-state index contributed by atoms with van der Waals surface area (Å²) in [4.78, 5) is 0. The second-order valence-corrected chi connectivity index (χ2v) is 4.83. The summed E-state index contributed by atoms with van der Waals surface area (Å²) in [5.74, 6) is 0.00104. The van der Waals surface area contributed by atoms with Crippen LogP contribution < -0.4 is 14.8 Å². The predicted octanol–water partition coefficient (Wildman–Crippen LogP) is 3.03. The van der Waals surface area contributed by atoms with Gasteiger partial charge < -0.3 is 14.8 Å². The van der Waals surface area contributed by atoms with Crippen molar-refractivity contribution < 1.29 is 13.9 Å². The Kier molecular flexibility index (Phi) is 3.89. The van der Waals surface area contributed by atoms with Crippen molar-refractivity contribution in [2.75, 3.05) is 20.8 Å². The van der Waals surface area contributed by atoms with Crippen molar-refractivity contribution in [2.24, 2.45) is 0 Å². The van der Waals surface area contributed by atoms with Gasteiger partial charge in [-0.3, -0.25) is 0 Å². The van der Waals surface area contributed by atoms with Gasteiger partial charge in [0.25, 0.3) is 0 Å². The van der Waals surface area contributed by atoms with E-state index in [0.29, 0.717) is 4.47 Å². The largest absolute Gasteiger partial charge is 0.493 e. The summed E-state index contributed by atoms with van der Waals surface area (Å²) in [7, 11) is 2.92. The fourth-order valence-corrected chi connectivity index (χ4v) is 2.79. The minimum atomic E-state index is -0.451. The van der Waals surface area contributed by atoms with Crippen LogP contribution >= 0.6 is 15.9 Å². The maximum absolute atomic E-state index is 14.1. The van der Waals surface area contributed by atoms with Crippen LogP contribution in [-0.4, -0.2) is 20.8 Å². The first-order valence-electron chi connectivity index (χ1n) is 5.52. The Bertz CT molecular complexity index is 419. The van der Waals surface area contributed by atoms with Gasteiger partial charge in [0, 0.05) is 11.6 Å². The van der Waals surface area contributed by atoms with Crippen LogP contribution in [-0.2, 0) is 0 Å². The third-order valence-electron chi connectivity index (χ3n) is 3.00. The van der Waals surface area contributed by atoms with E-state index in [4.69, 9.17) is 9.47 Å². The summed E-state index contributed by atoms with van der Waals surface area (Å²) in [6.07, 6.45) is 2.09. The minimum absolute atomic E-state index is 0.154. The molecule has 0 aliphatic carbocycles. The number of halogens is 2. The third kappa shape index (κ3) is 2.26. The lowest BCUT2D eigenvalue weighted by molar-refractivity contribution is 0.342. The molecule has 1 aromatic rings. The summed E-state index contributed by atoms with van der Waals surface area (Å²) in [6.45, 7) is 0.957. The summed E-state index contributed by atoms with van der Waals surface area (Å²) < 4.78 is 24.9. The van der Waals surface area contributed by atoms with Crippen LogP contribution in [0.1, 0.15) is 24.4 Å². The molecule has 1 saturated heterocycles. The Morgan fingerprint density at radius 3 is 2.59 bits per heavy atom. The highest BCUT2D eigenvalue weighted by Crippen LogP contribution is 2.41. The van der Waals surface area contributed by atoms with Gasteiger partial charge in [-0.25, -0.2) is 0 Å². The van der Waals surface area contributed by atoms with Crippen molar-refractivity contribution in [3.8, 4) is 11.5 Å². The average molecular weight is 304 g/mol. The highest BCUT2D eigenvalue weighted by Gasteiger charge is 2.25. The van der Waals surface area contributed by atoms with Gasteiger partial charge in [0.1, 0.15) is 0 Å². The average Bonchev–Trinajstić information content (AvgIpc) is 2.82. The maximum Gasteiger partial charge on any atom is 0.208 e. The van der Waals surface area contributed by atoms with Gasteiger partial charge >= 0.3 is 0 Å². The lowest BCUT2D eigenvalue weighted by Gasteiger charge is -2.18. The van der Waals surface area contributed by atoms with Crippen molar-refractivity contribution in [3.63, 3.8) is 0 Å². The molecule has 1 aliphatic rings. The highest BCUT2D eigenvalue weighted by atomic mass is 79.9. The molecule has 2 rings (SSSR count). The normalized spacial score (nSPS) is 19.4. The van der Waals surface area contributed by atoms with E-state index >= 15 is 0 Å². The SMILES string of the molecule is COc1c(Br)cc(C2CCCN2)c(OC)c1F. The van der Waals surface area contributed by atoms with E-state index < -0.39 is 5.82 Å². The number of hydrogen-bond acceptors (Lipinski definition) is 3. The predicted molar refractivity (Wildman–Crippen MR) is 67.2 cm³/mol. The van der Waals surface area contributed by atoms with E-state index in [2.05, 4.69) is 21.2 Å². The van der Waals surface area contributed by atoms with E-state index in [1.54, 1.807) is 0 Å². The van der Waals surface area contributed by atoms with Gasteiger partial charge in [0.2, 0.25) is 5.82 Å². The Morgan fingerprint density at radius 1 is 1.35 bits per heavy atom. The molecule has 17 heavy (non-hydrogen) atoms. The Labute approximate surface area is 108 Å². The second kappa shape index (κ2) is 5.23. The molecule has 3 nitrogen and oxygen atoms in total. The van der Waals surface area contributed by atoms with Crippen molar-refractivity contribution in [3.05, 3.63) is 21.9 Å². The molecule has 94 valence electrons. The third-order valence-corrected chi connectivity index (χ3v) is 3.59. The van der Waals surface area contributed by atoms with Gasteiger partial charge in [-0.05, 0) is 41.4 Å². The molecular formula is C12H15BrFNO2. The van der Waals surface area contributed by atoms with Crippen molar-refractivity contribution in [1.82, 2.24) is 5.32 Å². The molecular weight excluding hydrogens is 289 g/mol. The quantitative estimate of drug-likeness (QED) is 0.931. The second-order valence-electron chi connectivity index (χ2n) is 3.98. The lowest BCUT2D eigenvalue weighted by atomic mass is 10.0. The Balaban J connectivity index is 2.51. The molecule has 0 spiro atoms. The molecule has 0 amide bonds. The van der Waals surface area contributed by atoms with Crippen LogP contribution in [0.5, 0.6) is 11.5 Å². The number of ether oxygens (including phenoxy) is 2. The molecule has 5 heteroatoms. The highest BCUT2D eigenvalue weighted by molar-refractivity contribution is 9.10. The Morgan fingerprint density at radius 2 is 2.06 bits per heavy atom. The van der Waals surface area contributed by atoms with Gasteiger partial charge in [-0.15, -0.1) is 0 Å². The fraction of sp³-hybridized carbons (Fsp3) is 0.500. The van der Waals surface area contributed by atoms with E-state index in [1.165, 1.54) is 14.2 Å². The molecule has 0 aromatic heterocycles. The number of nitrogens with one attached hydrogen (secondary N) is 1. The smallest absolute Gasteiger partial charge is 0.208 e. The van der Waals surface area contributed by atoms with Crippen LogP contribution in [0.2, 0.25) is 0 Å². The lowest BCUT2D eigenvalue weighted by Crippen LogP contribution is -2.14. The first-order chi connectivity index (χ1) is 8.19. The van der Waals surface area contributed by atoms with Crippen LogP contribution in [0.4, 0.5) is 4.39 Å². The van der Waals surface area contributed by atoms with E-state index in [0.717, 1.165) is 24.9 Å². The molecule has 0 bridgehead atoms. The number of hydrogen-bond donors (Lipinski definition) is 1. The number of methoxy groups -OCH3 is 2. The topological polar surface area (TPSA) is 30.5 Å². The summed E-state index contributed by atoms with van der Waals surface area (Å²) >= 11 is 3.32. The zero-order chi connectivity index (χ0) is 12.4. The standard InChI is InChI=1S/C12H15BrFNO2/c1-16-11-7(9-4-3-5-15-9)6-8(13)12(17-2)10(11)14/h6,9,15H,3-5H2,1-2H3. The molecule has 0 saturated carbocycles. The van der Waals surface area contributed by atoms with Gasteiger partial charge in [-0.1, -0.05) is 0 Å².